The van der Waals surface area contributed by atoms with Crippen molar-refractivity contribution in [2.75, 3.05) is 6.54 Å². The molecule has 1 aromatic heterocycles. The largest absolute Gasteiger partial charge is 0.467 e. The minimum absolute atomic E-state index is 0.0970. The number of hydrogen-bond donors (Lipinski definition) is 3. The van der Waals surface area contributed by atoms with E-state index in [2.05, 4.69) is 10.6 Å². The van der Waals surface area contributed by atoms with Gasteiger partial charge in [-0.1, -0.05) is 6.07 Å². The molecule has 0 saturated carbocycles. The van der Waals surface area contributed by atoms with Gasteiger partial charge in [0.1, 0.15) is 23.0 Å². The molecule has 2 aromatic rings. The summed E-state index contributed by atoms with van der Waals surface area (Å²) in [7, 11) is 0. The van der Waals surface area contributed by atoms with Crippen LogP contribution >= 0.6 is 0 Å². The van der Waals surface area contributed by atoms with E-state index in [1.165, 1.54) is 13.2 Å². The Bertz CT molecular complexity index is 642. The van der Waals surface area contributed by atoms with Gasteiger partial charge in [0.15, 0.2) is 0 Å². The minimum atomic E-state index is -1.67. The summed E-state index contributed by atoms with van der Waals surface area (Å²) in [5, 5.41) is 15.2. The van der Waals surface area contributed by atoms with Gasteiger partial charge in [-0.3, -0.25) is 0 Å². The molecular formula is C15H16F2N2O3. The van der Waals surface area contributed by atoms with Crippen LogP contribution in [0.25, 0.3) is 0 Å². The van der Waals surface area contributed by atoms with Crippen molar-refractivity contribution in [3.8, 4) is 0 Å². The molecule has 1 atom stereocenters. The van der Waals surface area contributed by atoms with Gasteiger partial charge < -0.3 is 20.2 Å². The number of amides is 2. The summed E-state index contributed by atoms with van der Waals surface area (Å²) in [5.74, 6) is -1.03. The normalized spacial score (nSPS) is 13.5. The second kappa shape index (κ2) is 6.57. The van der Waals surface area contributed by atoms with Gasteiger partial charge in [0.2, 0.25) is 0 Å². The first-order valence-electron chi connectivity index (χ1n) is 6.60. The smallest absolute Gasteiger partial charge is 0.315 e. The van der Waals surface area contributed by atoms with Crippen molar-refractivity contribution in [3.63, 3.8) is 0 Å². The molecule has 5 nitrogen and oxygen atoms in total. The monoisotopic (exact) mass is 310 g/mol. The first-order chi connectivity index (χ1) is 10.4. The Morgan fingerprint density at radius 2 is 2.09 bits per heavy atom. The van der Waals surface area contributed by atoms with Gasteiger partial charge in [-0.25, -0.2) is 13.6 Å². The molecular weight excluding hydrogens is 294 g/mol. The predicted molar refractivity (Wildman–Crippen MR) is 74.9 cm³/mol. The third-order valence-electron chi connectivity index (χ3n) is 3.11. The summed E-state index contributed by atoms with van der Waals surface area (Å²) in [6.07, 6.45) is 1.48. The average Bonchev–Trinajstić information content (AvgIpc) is 2.96. The molecule has 2 amide bonds. The number of aliphatic hydroxyl groups is 1. The van der Waals surface area contributed by atoms with Crippen molar-refractivity contribution in [1.82, 2.24) is 10.6 Å². The molecule has 1 aromatic carbocycles. The molecule has 7 heteroatoms. The van der Waals surface area contributed by atoms with Crippen molar-refractivity contribution < 1.29 is 23.1 Å². The van der Waals surface area contributed by atoms with E-state index < -0.39 is 23.3 Å². The summed E-state index contributed by atoms with van der Waals surface area (Å²) >= 11 is 0. The maximum absolute atomic E-state index is 13.7. The fourth-order valence-electron chi connectivity index (χ4n) is 1.92. The van der Waals surface area contributed by atoms with Gasteiger partial charge in [-0.05, 0) is 25.1 Å². The standard InChI is InChI=1S/C15H16F2N2O3/c1-15(21,12-5-4-10(16)7-13(12)17)9-19-14(20)18-8-11-3-2-6-22-11/h2-7,21H,8-9H2,1H3,(H2,18,19,20). The van der Waals surface area contributed by atoms with E-state index in [-0.39, 0.29) is 18.7 Å². The zero-order chi connectivity index (χ0) is 16.2. The van der Waals surface area contributed by atoms with Gasteiger partial charge in [-0.2, -0.15) is 0 Å². The Labute approximate surface area is 125 Å². The average molecular weight is 310 g/mol. The molecule has 0 aliphatic carbocycles. The molecule has 2 rings (SSSR count). The third-order valence-corrected chi connectivity index (χ3v) is 3.11. The SMILES string of the molecule is CC(O)(CNC(=O)NCc1ccco1)c1ccc(F)cc1F. The molecule has 0 bridgehead atoms. The summed E-state index contributed by atoms with van der Waals surface area (Å²) < 4.78 is 31.6. The lowest BCUT2D eigenvalue weighted by Gasteiger charge is -2.24. The van der Waals surface area contributed by atoms with E-state index in [1.807, 2.05) is 0 Å². The molecule has 0 aliphatic heterocycles. The second-order valence-corrected chi connectivity index (χ2v) is 5.01. The zero-order valence-corrected chi connectivity index (χ0v) is 11.9. The number of benzene rings is 1. The molecule has 22 heavy (non-hydrogen) atoms. The summed E-state index contributed by atoms with van der Waals surface area (Å²) in [5.41, 5.74) is -1.76. The topological polar surface area (TPSA) is 74.5 Å². The Morgan fingerprint density at radius 3 is 2.73 bits per heavy atom. The predicted octanol–water partition coefficient (Wildman–Crippen LogP) is 2.26. The molecule has 1 heterocycles. The third kappa shape index (κ3) is 4.05. The van der Waals surface area contributed by atoms with E-state index >= 15 is 0 Å². The first kappa shape index (κ1) is 16.0. The molecule has 0 saturated heterocycles. The fraction of sp³-hybridized carbons (Fsp3) is 0.267. The van der Waals surface area contributed by atoms with Crippen molar-refractivity contribution in [2.45, 2.75) is 19.1 Å². The molecule has 1 unspecified atom stereocenters. The van der Waals surface area contributed by atoms with Crippen LogP contribution < -0.4 is 10.6 Å². The lowest BCUT2D eigenvalue weighted by atomic mass is 9.95. The van der Waals surface area contributed by atoms with Crippen LogP contribution in [0.4, 0.5) is 13.6 Å². The highest BCUT2D eigenvalue weighted by molar-refractivity contribution is 5.73. The van der Waals surface area contributed by atoms with Gasteiger partial charge >= 0.3 is 6.03 Å². The van der Waals surface area contributed by atoms with Gasteiger partial charge in [0.25, 0.3) is 0 Å². The number of carbonyl (C=O) groups is 1. The molecule has 3 N–H and O–H groups in total. The van der Waals surface area contributed by atoms with E-state index in [0.29, 0.717) is 11.8 Å². The molecule has 0 radical (unpaired) electrons. The molecule has 0 spiro atoms. The number of rotatable bonds is 5. The molecule has 0 aliphatic rings. The van der Waals surface area contributed by atoms with Crippen molar-refractivity contribution in [1.29, 1.82) is 0 Å². The van der Waals surface area contributed by atoms with Gasteiger partial charge in [-0.15, -0.1) is 0 Å². The second-order valence-electron chi connectivity index (χ2n) is 5.01. The van der Waals surface area contributed by atoms with E-state index in [1.54, 1.807) is 12.1 Å². The van der Waals surface area contributed by atoms with E-state index in [0.717, 1.165) is 12.1 Å². The minimum Gasteiger partial charge on any atom is -0.467 e. The number of urea groups is 1. The van der Waals surface area contributed by atoms with Crippen LogP contribution in [-0.2, 0) is 12.1 Å². The Kier molecular flexibility index (Phi) is 4.77. The Balaban J connectivity index is 1.90. The quantitative estimate of drug-likeness (QED) is 0.793. The number of carbonyl (C=O) groups excluding carboxylic acids is 1. The highest BCUT2D eigenvalue weighted by Gasteiger charge is 2.27. The van der Waals surface area contributed by atoms with Crippen LogP contribution in [0.1, 0.15) is 18.2 Å². The van der Waals surface area contributed by atoms with Gasteiger partial charge in [0.05, 0.1) is 19.4 Å². The maximum atomic E-state index is 13.7. The molecule has 118 valence electrons. The van der Waals surface area contributed by atoms with Gasteiger partial charge in [0, 0.05) is 11.6 Å². The fourth-order valence-corrected chi connectivity index (χ4v) is 1.92. The lowest BCUT2D eigenvalue weighted by molar-refractivity contribution is 0.0555. The Hall–Kier alpha value is -2.41. The Morgan fingerprint density at radius 1 is 1.32 bits per heavy atom. The number of hydrogen-bond acceptors (Lipinski definition) is 3. The van der Waals surface area contributed by atoms with E-state index in [4.69, 9.17) is 4.42 Å². The summed E-state index contributed by atoms with van der Waals surface area (Å²) in [4.78, 5) is 11.6. The van der Waals surface area contributed by atoms with Crippen LogP contribution in [0, 0.1) is 11.6 Å². The van der Waals surface area contributed by atoms with Crippen LogP contribution in [0.3, 0.4) is 0 Å². The first-order valence-corrected chi connectivity index (χ1v) is 6.60. The lowest BCUT2D eigenvalue weighted by Crippen LogP contribution is -2.43. The van der Waals surface area contributed by atoms with Crippen LogP contribution in [0.5, 0.6) is 0 Å². The van der Waals surface area contributed by atoms with E-state index in [9.17, 15) is 18.7 Å². The highest BCUT2D eigenvalue weighted by atomic mass is 19.1. The van der Waals surface area contributed by atoms with Crippen LogP contribution in [-0.4, -0.2) is 17.7 Å². The van der Waals surface area contributed by atoms with Crippen molar-refractivity contribution in [2.24, 2.45) is 0 Å². The van der Waals surface area contributed by atoms with Crippen LogP contribution in [0.2, 0.25) is 0 Å². The van der Waals surface area contributed by atoms with Crippen molar-refractivity contribution in [3.05, 3.63) is 59.6 Å². The number of halogens is 2. The number of furan rings is 1. The molecule has 0 fully saturated rings. The van der Waals surface area contributed by atoms with Crippen LogP contribution in [0.15, 0.2) is 41.0 Å². The number of nitrogens with one attached hydrogen (secondary N) is 2. The summed E-state index contributed by atoms with van der Waals surface area (Å²) in [6.45, 7) is 1.28. The maximum Gasteiger partial charge on any atom is 0.315 e. The van der Waals surface area contributed by atoms with Crippen molar-refractivity contribution >= 4 is 6.03 Å². The zero-order valence-electron chi connectivity index (χ0n) is 11.9. The highest BCUT2D eigenvalue weighted by Crippen LogP contribution is 2.23. The summed E-state index contributed by atoms with van der Waals surface area (Å²) in [6, 6.07) is 5.72.